The van der Waals surface area contributed by atoms with E-state index in [0.717, 1.165) is 12.8 Å². The Bertz CT molecular complexity index is 446. The standard InChI is InChI=1S/C16H26O7/c1-8(2)10-5-4-9(3)6-12(10)23-13(17)7-11(15(19)20)14(18)16(21)22/h8-12,14,18H,4-7H2,1-3H3,(H,19,20)(H,21,22)/t9-,10+,11+,12-,14-/m1/s1. The van der Waals surface area contributed by atoms with E-state index in [4.69, 9.17) is 14.9 Å². The van der Waals surface area contributed by atoms with Crippen LogP contribution in [0.15, 0.2) is 0 Å². The molecule has 0 spiro atoms. The van der Waals surface area contributed by atoms with Crippen molar-refractivity contribution in [3.8, 4) is 0 Å². The van der Waals surface area contributed by atoms with Crippen molar-refractivity contribution in [2.45, 2.75) is 58.7 Å². The molecule has 0 aromatic rings. The fraction of sp³-hybridized carbons (Fsp3) is 0.812. The molecule has 1 rings (SSSR count). The summed E-state index contributed by atoms with van der Waals surface area (Å²) in [6.45, 7) is 6.18. The molecule has 7 nitrogen and oxygen atoms in total. The van der Waals surface area contributed by atoms with Crippen LogP contribution in [0.2, 0.25) is 0 Å². The fourth-order valence-corrected chi connectivity index (χ4v) is 3.15. The van der Waals surface area contributed by atoms with Crippen LogP contribution < -0.4 is 0 Å². The topological polar surface area (TPSA) is 121 Å². The molecule has 0 saturated heterocycles. The molecular formula is C16H26O7. The Balaban J connectivity index is 2.72. The fourth-order valence-electron chi connectivity index (χ4n) is 3.15. The Morgan fingerprint density at radius 1 is 1.13 bits per heavy atom. The van der Waals surface area contributed by atoms with Gasteiger partial charge in [-0.2, -0.15) is 0 Å². The number of esters is 1. The summed E-state index contributed by atoms with van der Waals surface area (Å²) in [4.78, 5) is 33.8. The largest absolute Gasteiger partial charge is 0.481 e. The van der Waals surface area contributed by atoms with E-state index in [0.29, 0.717) is 18.3 Å². The third-order valence-electron chi connectivity index (χ3n) is 4.58. The lowest BCUT2D eigenvalue weighted by atomic mass is 9.75. The van der Waals surface area contributed by atoms with Gasteiger partial charge in [0.15, 0.2) is 6.10 Å². The van der Waals surface area contributed by atoms with Gasteiger partial charge in [-0.3, -0.25) is 9.59 Å². The first-order valence-corrected chi connectivity index (χ1v) is 7.96. The Hall–Kier alpha value is -1.63. The van der Waals surface area contributed by atoms with Crippen LogP contribution in [0.3, 0.4) is 0 Å². The molecule has 0 amide bonds. The molecule has 0 radical (unpaired) electrons. The Kier molecular flexibility index (Phi) is 7.00. The molecular weight excluding hydrogens is 304 g/mol. The number of aliphatic hydroxyl groups excluding tert-OH is 1. The summed E-state index contributed by atoms with van der Waals surface area (Å²) in [5, 5.41) is 27.1. The number of aliphatic hydroxyl groups is 1. The summed E-state index contributed by atoms with van der Waals surface area (Å²) in [5.74, 6) is -4.72. The predicted molar refractivity (Wildman–Crippen MR) is 80.6 cm³/mol. The van der Waals surface area contributed by atoms with E-state index in [2.05, 4.69) is 20.8 Å². The quantitative estimate of drug-likeness (QED) is 0.605. The van der Waals surface area contributed by atoms with Crippen molar-refractivity contribution in [2.75, 3.05) is 0 Å². The highest BCUT2D eigenvalue weighted by atomic mass is 16.5. The minimum Gasteiger partial charge on any atom is -0.481 e. The molecule has 5 atom stereocenters. The maximum atomic E-state index is 12.0. The van der Waals surface area contributed by atoms with Crippen LogP contribution >= 0.6 is 0 Å². The summed E-state index contributed by atoms with van der Waals surface area (Å²) in [7, 11) is 0. The first-order chi connectivity index (χ1) is 10.6. The van der Waals surface area contributed by atoms with Crippen molar-refractivity contribution in [3.05, 3.63) is 0 Å². The van der Waals surface area contributed by atoms with Gasteiger partial charge in [0.1, 0.15) is 12.0 Å². The number of ether oxygens (including phenoxy) is 1. The SMILES string of the molecule is CC(C)[C@@H]1CC[C@@H](C)C[C@H]1OC(=O)C[C@H](C(=O)O)[C@@H](O)C(=O)O. The van der Waals surface area contributed by atoms with Crippen LogP contribution in [0.4, 0.5) is 0 Å². The second-order valence-corrected chi connectivity index (χ2v) is 6.79. The molecule has 3 N–H and O–H groups in total. The highest BCUT2D eigenvalue weighted by Gasteiger charge is 2.37. The second kappa shape index (κ2) is 8.29. The number of hydrogen-bond acceptors (Lipinski definition) is 5. The molecule has 1 fully saturated rings. The molecule has 0 heterocycles. The van der Waals surface area contributed by atoms with Crippen molar-refractivity contribution >= 4 is 17.9 Å². The smallest absolute Gasteiger partial charge is 0.333 e. The molecule has 0 unspecified atom stereocenters. The van der Waals surface area contributed by atoms with Gasteiger partial charge in [0.25, 0.3) is 0 Å². The summed E-state index contributed by atoms with van der Waals surface area (Å²) in [5.41, 5.74) is 0. The number of carboxylic acid groups (broad SMARTS) is 2. The highest BCUT2D eigenvalue weighted by molar-refractivity contribution is 5.85. The monoisotopic (exact) mass is 330 g/mol. The number of carbonyl (C=O) groups is 3. The van der Waals surface area contributed by atoms with Gasteiger partial charge >= 0.3 is 17.9 Å². The number of carboxylic acids is 2. The van der Waals surface area contributed by atoms with Gasteiger partial charge in [-0.05, 0) is 30.6 Å². The van der Waals surface area contributed by atoms with Gasteiger partial charge in [0.2, 0.25) is 0 Å². The molecule has 0 aromatic carbocycles. The van der Waals surface area contributed by atoms with E-state index in [9.17, 15) is 19.5 Å². The molecule has 0 aliphatic heterocycles. The van der Waals surface area contributed by atoms with Crippen LogP contribution in [-0.4, -0.2) is 45.4 Å². The Labute approximate surface area is 135 Å². The number of carbonyl (C=O) groups excluding carboxylic acids is 1. The zero-order valence-corrected chi connectivity index (χ0v) is 13.8. The van der Waals surface area contributed by atoms with Crippen molar-refractivity contribution in [3.63, 3.8) is 0 Å². The van der Waals surface area contributed by atoms with Gasteiger partial charge in [0.05, 0.1) is 6.42 Å². The Morgan fingerprint density at radius 3 is 2.22 bits per heavy atom. The normalized spacial score (nSPS) is 27.3. The third kappa shape index (κ3) is 5.49. The maximum Gasteiger partial charge on any atom is 0.333 e. The van der Waals surface area contributed by atoms with E-state index in [1.54, 1.807) is 0 Å². The zero-order valence-electron chi connectivity index (χ0n) is 13.8. The van der Waals surface area contributed by atoms with Crippen LogP contribution in [-0.2, 0) is 19.1 Å². The van der Waals surface area contributed by atoms with Crippen LogP contribution in [0.5, 0.6) is 0 Å². The maximum absolute atomic E-state index is 12.0. The number of aliphatic carboxylic acids is 2. The molecule has 0 bridgehead atoms. The number of hydrogen-bond donors (Lipinski definition) is 3. The summed E-state index contributed by atoms with van der Waals surface area (Å²) < 4.78 is 5.44. The lowest BCUT2D eigenvalue weighted by molar-refractivity contribution is -0.167. The average molecular weight is 330 g/mol. The lowest BCUT2D eigenvalue weighted by Crippen LogP contribution is -2.39. The van der Waals surface area contributed by atoms with Gasteiger partial charge < -0.3 is 20.1 Å². The number of rotatable bonds is 7. The third-order valence-corrected chi connectivity index (χ3v) is 4.58. The van der Waals surface area contributed by atoms with Gasteiger partial charge in [-0.1, -0.05) is 27.2 Å². The van der Waals surface area contributed by atoms with Crippen molar-refractivity contribution < 1.29 is 34.4 Å². The Morgan fingerprint density at radius 2 is 1.74 bits per heavy atom. The molecule has 1 aliphatic rings. The first-order valence-electron chi connectivity index (χ1n) is 7.96. The lowest BCUT2D eigenvalue weighted by Gasteiger charge is -2.36. The summed E-state index contributed by atoms with van der Waals surface area (Å²) in [6.07, 6.45) is -0.357. The van der Waals surface area contributed by atoms with Gasteiger partial charge in [-0.25, -0.2) is 4.79 Å². The highest BCUT2D eigenvalue weighted by Crippen LogP contribution is 2.35. The molecule has 23 heavy (non-hydrogen) atoms. The van der Waals surface area contributed by atoms with E-state index >= 15 is 0 Å². The second-order valence-electron chi connectivity index (χ2n) is 6.79. The predicted octanol–water partition coefficient (Wildman–Crippen LogP) is 1.53. The van der Waals surface area contributed by atoms with E-state index in [-0.39, 0.29) is 12.0 Å². The summed E-state index contributed by atoms with van der Waals surface area (Å²) in [6, 6.07) is 0. The minimum atomic E-state index is -2.13. The van der Waals surface area contributed by atoms with E-state index in [1.165, 1.54) is 0 Å². The zero-order chi connectivity index (χ0) is 17.7. The molecule has 0 aromatic heterocycles. The van der Waals surface area contributed by atoms with Crippen molar-refractivity contribution in [2.24, 2.45) is 23.7 Å². The van der Waals surface area contributed by atoms with Crippen molar-refractivity contribution in [1.29, 1.82) is 0 Å². The van der Waals surface area contributed by atoms with Crippen LogP contribution in [0.1, 0.15) is 46.5 Å². The first kappa shape index (κ1) is 19.4. The van der Waals surface area contributed by atoms with E-state index in [1.807, 2.05) is 0 Å². The van der Waals surface area contributed by atoms with Crippen molar-refractivity contribution in [1.82, 2.24) is 0 Å². The van der Waals surface area contributed by atoms with Crippen LogP contribution in [0, 0.1) is 23.7 Å². The molecule has 7 heteroatoms. The van der Waals surface area contributed by atoms with Gasteiger partial charge in [-0.15, -0.1) is 0 Å². The average Bonchev–Trinajstić information content (AvgIpc) is 2.43. The van der Waals surface area contributed by atoms with Crippen LogP contribution in [0.25, 0.3) is 0 Å². The van der Waals surface area contributed by atoms with E-state index < -0.39 is 36.4 Å². The molecule has 1 aliphatic carbocycles. The summed E-state index contributed by atoms with van der Waals surface area (Å²) >= 11 is 0. The minimum absolute atomic E-state index is 0.211. The van der Waals surface area contributed by atoms with Gasteiger partial charge in [0, 0.05) is 0 Å². The molecule has 132 valence electrons. The molecule has 1 saturated carbocycles.